The maximum Gasteiger partial charge on any atom is 0.341 e. The SMILES string of the molecule is O=C1c2ccccc2C(=O)c2c1ccc(O)c2OS(=O)(=O)c1cc2cc(S(=O)(=O)O)ccc2c(O)c1N=Nc1ccc([N+](=O)[O-])cc1[N+](=O)[O-]. The minimum atomic E-state index is -5.40. The first-order valence-corrected chi connectivity index (χ1v) is 16.4. The molecule has 0 radical (unpaired) electrons. The molecule has 0 bridgehead atoms. The summed E-state index contributed by atoms with van der Waals surface area (Å²) in [4.78, 5) is 45.7. The highest BCUT2D eigenvalue weighted by atomic mass is 32.2. The number of rotatable bonds is 8. The highest BCUT2D eigenvalue weighted by Crippen LogP contribution is 2.46. The lowest BCUT2D eigenvalue weighted by atomic mass is 9.83. The molecule has 5 aromatic carbocycles. The van der Waals surface area contributed by atoms with Gasteiger partial charge < -0.3 is 14.4 Å². The molecule has 0 unspecified atom stereocenters. The number of benzene rings is 5. The molecule has 0 heterocycles. The normalized spacial score (nSPS) is 12.9. The first-order valence-electron chi connectivity index (χ1n) is 13.6. The number of non-ortho nitro benzene ring substituents is 1. The average Bonchev–Trinajstić information content (AvgIpc) is 3.06. The van der Waals surface area contributed by atoms with Crippen molar-refractivity contribution in [2.45, 2.75) is 9.79 Å². The summed E-state index contributed by atoms with van der Waals surface area (Å²) in [6.07, 6.45) is 0. The third kappa shape index (κ3) is 5.63. The van der Waals surface area contributed by atoms with Gasteiger partial charge in [0.05, 0.1) is 26.4 Å². The number of nitro benzene ring substituents is 2. The molecule has 5 aromatic rings. The third-order valence-electron chi connectivity index (χ3n) is 7.43. The Morgan fingerprint density at radius 3 is 2.06 bits per heavy atom. The van der Waals surface area contributed by atoms with E-state index in [2.05, 4.69) is 10.2 Å². The fraction of sp³-hybridized carbons (Fsp3) is 0. The molecule has 0 saturated heterocycles. The molecule has 0 fully saturated rings. The lowest BCUT2D eigenvalue weighted by Gasteiger charge is -2.21. The Balaban J connectivity index is 1.57. The first kappa shape index (κ1) is 33.3. The van der Waals surface area contributed by atoms with Crippen molar-refractivity contribution in [2.24, 2.45) is 10.2 Å². The van der Waals surface area contributed by atoms with Gasteiger partial charge in [0.25, 0.3) is 15.8 Å². The Bertz CT molecular complexity index is 2640. The topological polar surface area (TPSA) is 283 Å². The maximum atomic E-state index is 14.0. The average molecular weight is 721 g/mol. The number of azo groups is 1. The van der Waals surface area contributed by atoms with Gasteiger partial charge in [0.15, 0.2) is 40.2 Å². The van der Waals surface area contributed by atoms with Gasteiger partial charge in [-0.3, -0.25) is 34.4 Å². The van der Waals surface area contributed by atoms with Crippen molar-refractivity contribution in [1.29, 1.82) is 0 Å². The molecule has 0 spiro atoms. The first-order chi connectivity index (χ1) is 23.5. The number of nitro groups is 2. The lowest BCUT2D eigenvalue weighted by Crippen LogP contribution is -2.23. The van der Waals surface area contributed by atoms with E-state index < -0.39 is 97.0 Å². The van der Waals surface area contributed by atoms with Gasteiger partial charge in [-0.1, -0.05) is 24.3 Å². The van der Waals surface area contributed by atoms with E-state index in [1.54, 1.807) is 0 Å². The van der Waals surface area contributed by atoms with E-state index in [4.69, 9.17) is 4.18 Å². The molecule has 18 nitrogen and oxygen atoms in total. The molecule has 0 aliphatic heterocycles. The molecule has 0 aromatic heterocycles. The zero-order valence-corrected chi connectivity index (χ0v) is 26.1. The zero-order chi connectivity index (χ0) is 36.3. The number of carbonyl (C=O) groups is 2. The van der Waals surface area contributed by atoms with Crippen LogP contribution in [0.5, 0.6) is 17.2 Å². The van der Waals surface area contributed by atoms with E-state index in [1.807, 2.05) is 0 Å². The smallest absolute Gasteiger partial charge is 0.341 e. The van der Waals surface area contributed by atoms with Crippen molar-refractivity contribution in [3.8, 4) is 17.2 Å². The molecule has 20 heteroatoms. The summed E-state index contributed by atoms with van der Waals surface area (Å²) in [6, 6.07) is 13.2. The van der Waals surface area contributed by atoms with E-state index in [0.717, 1.165) is 48.5 Å². The van der Waals surface area contributed by atoms with Crippen molar-refractivity contribution >= 4 is 65.3 Å². The van der Waals surface area contributed by atoms with Crippen LogP contribution in [-0.2, 0) is 20.2 Å². The van der Waals surface area contributed by atoms with E-state index in [-0.39, 0.29) is 27.5 Å². The number of phenols is 2. The highest BCUT2D eigenvalue weighted by molar-refractivity contribution is 7.87. The lowest BCUT2D eigenvalue weighted by molar-refractivity contribution is -0.393. The summed E-state index contributed by atoms with van der Waals surface area (Å²) < 4.78 is 66.4. The second-order valence-electron chi connectivity index (χ2n) is 10.4. The number of carbonyl (C=O) groups excluding carboxylic acids is 2. The van der Waals surface area contributed by atoms with E-state index in [0.29, 0.717) is 6.07 Å². The summed E-state index contributed by atoms with van der Waals surface area (Å²) >= 11 is 0. The van der Waals surface area contributed by atoms with Crippen LogP contribution in [0.25, 0.3) is 10.8 Å². The van der Waals surface area contributed by atoms with Gasteiger partial charge in [0, 0.05) is 28.1 Å². The molecule has 1 aliphatic rings. The molecule has 0 amide bonds. The number of hydrogen-bond donors (Lipinski definition) is 3. The van der Waals surface area contributed by atoms with Crippen molar-refractivity contribution < 1.29 is 55.2 Å². The van der Waals surface area contributed by atoms with Crippen LogP contribution in [0.15, 0.2) is 98.9 Å². The Morgan fingerprint density at radius 2 is 1.42 bits per heavy atom. The quantitative estimate of drug-likeness (QED) is 0.0593. The van der Waals surface area contributed by atoms with E-state index in [9.17, 15) is 61.4 Å². The molecule has 252 valence electrons. The van der Waals surface area contributed by atoms with Gasteiger partial charge in [-0.05, 0) is 47.9 Å². The predicted octanol–water partition coefficient (Wildman–Crippen LogP) is 5.27. The van der Waals surface area contributed by atoms with Gasteiger partial charge in [-0.25, -0.2) is 0 Å². The number of hydrogen-bond acceptors (Lipinski definition) is 15. The number of ketones is 2. The minimum Gasteiger partial charge on any atom is -0.505 e. The number of aromatic hydroxyl groups is 2. The summed E-state index contributed by atoms with van der Waals surface area (Å²) in [5, 5.41) is 51.4. The van der Waals surface area contributed by atoms with Crippen molar-refractivity contribution in [2.75, 3.05) is 0 Å². The molecular formula is C30H16N4O14S2. The van der Waals surface area contributed by atoms with Crippen LogP contribution < -0.4 is 4.18 Å². The van der Waals surface area contributed by atoms with E-state index in [1.165, 1.54) is 24.3 Å². The molecule has 50 heavy (non-hydrogen) atoms. The summed E-state index contributed by atoms with van der Waals surface area (Å²) in [5.74, 6) is -4.48. The van der Waals surface area contributed by atoms with Crippen LogP contribution >= 0.6 is 0 Å². The minimum absolute atomic E-state index is 0.00150. The van der Waals surface area contributed by atoms with Crippen molar-refractivity contribution in [3.63, 3.8) is 0 Å². The summed E-state index contributed by atoms with van der Waals surface area (Å²) in [5.41, 5.74) is -4.25. The van der Waals surface area contributed by atoms with Crippen molar-refractivity contribution in [1.82, 2.24) is 0 Å². The largest absolute Gasteiger partial charge is 0.505 e. The zero-order valence-electron chi connectivity index (χ0n) is 24.4. The Morgan fingerprint density at radius 1 is 0.740 bits per heavy atom. The maximum absolute atomic E-state index is 14.0. The Kier molecular flexibility index (Phi) is 7.85. The van der Waals surface area contributed by atoms with Crippen LogP contribution in [0.4, 0.5) is 22.7 Å². The van der Waals surface area contributed by atoms with Gasteiger partial charge in [-0.2, -0.15) is 16.8 Å². The highest BCUT2D eigenvalue weighted by Gasteiger charge is 2.36. The van der Waals surface area contributed by atoms with Gasteiger partial charge >= 0.3 is 15.8 Å². The number of fused-ring (bicyclic) bond motifs is 3. The second kappa shape index (κ2) is 11.8. The van der Waals surface area contributed by atoms with Gasteiger partial charge in [0.2, 0.25) is 0 Å². The van der Waals surface area contributed by atoms with Gasteiger partial charge in [-0.15, -0.1) is 10.2 Å². The van der Waals surface area contributed by atoms with Crippen LogP contribution in [0.1, 0.15) is 31.8 Å². The van der Waals surface area contributed by atoms with E-state index >= 15 is 0 Å². The number of phenolic OH excluding ortho intramolecular Hbond substituents is 2. The van der Waals surface area contributed by atoms with Gasteiger partial charge in [0.1, 0.15) is 4.90 Å². The molecular weight excluding hydrogens is 704 g/mol. The predicted molar refractivity (Wildman–Crippen MR) is 169 cm³/mol. The Hall–Kier alpha value is -6.64. The van der Waals surface area contributed by atoms with Crippen LogP contribution in [0.3, 0.4) is 0 Å². The van der Waals surface area contributed by atoms with Crippen LogP contribution in [-0.4, -0.2) is 53.0 Å². The molecule has 1 aliphatic carbocycles. The Labute approximate surface area is 278 Å². The summed E-state index contributed by atoms with van der Waals surface area (Å²) in [7, 11) is -10.3. The van der Waals surface area contributed by atoms with Crippen LogP contribution in [0.2, 0.25) is 0 Å². The molecule has 6 rings (SSSR count). The summed E-state index contributed by atoms with van der Waals surface area (Å²) in [6.45, 7) is 0. The second-order valence-corrected chi connectivity index (χ2v) is 13.3. The molecule has 0 saturated carbocycles. The van der Waals surface area contributed by atoms with Crippen molar-refractivity contribution in [3.05, 3.63) is 121 Å². The number of nitrogens with zero attached hydrogens (tertiary/aromatic N) is 4. The monoisotopic (exact) mass is 720 g/mol. The fourth-order valence-corrected chi connectivity index (χ4v) is 6.76. The fourth-order valence-electron chi connectivity index (χ4n) is 5.12. The standard InChI is InChI=1S/C30H16N4O14S2/c35-23-10-8-20-25(28(37)19-4-2-1-3-18(19)27(20)36)30(23)48-50(46,47)24-12-14-11-16(49(43,44)45)6-7-17(14)29(38)26(24)32-31-21-9-5-15(33(39)40)13-22(21)34(41)42/h1-13,35,38H,(H,43,44,45). The molecule has 3 N–H and O–H groups in total. The van der Waals surface area contributed by atoms with Crippen LogP contribution in [0, 0.1) is 20.2 Å². The molecule has 0 atom stereocenters. The third-order valence-corrected chi connectivity index (χ3v) is 9.52.